The van der Waals surface area contributed by atoms with E-state index in [0.717, 1.165) is 69.4 Å². The van der Waals surface area contributed by atoms with Gasteiger partial charge in [0.1, 0.15) is 0 Å². The van der Waals surface area contributed by atoms with E-state index >= 15 is 0 Å². The first-order valence-corrected chi connectivity index (χ1v) is 7.61. The van der Waals surface area contributed by atoms with Crippen molar-refractivity contribution >= 4 is 5.95 Å². The molecule has 1 aliphatic heterocycles. The first kappa shape index (κ1) is 15.1. The topological polar surface area (TPSA) is 57.2 Å². The number of aromatic nitrogens is 3. The molecule has 0 atom stereocenters. The van der Waals surface area contributed by atoms with Crippen LogP contribution in [-0.4, -0.2) is 66.4 Å². The molecule has 0 bridgehead atoms. The average Bonchev–Trinajstić information content (AvgIpc) is 2.52. The molecule has 1 aliphatic rings. The first-order chi connectivity index (χ1) is 9.74. The van der Waals surface area contributed by atoms with Crippen LogP contribution < -0.4 is 10.2 Å². The highest BCUT2D eigenvalue weighted by molar-refractivity contribution is 5.29. The third-order valence-electron chi connectivity index (χ3n) is 3.80. The standard InChI is InChI=1S/C14H26N6/c1-4-12-13(5-2)17-18-14(16-12)19(3)10-11-20-8-6-15-7-9-20/h15H,4-11H2,1-3H3. The van der Waals surface area contributed by atoms with Gasteiger partial charge in [0.25, 0.3) is 0 Å². The third kappa shape index (κ3) is 3.86. The van der Waals surface area contributed by atoms with Gasteiger partial charge in [0, 0.05) is 46.3 Å². The molecule has 6 nitrogen and oxygen atoms in total. The van der Waals surface area contributed by atoms with Crippen LogP contribution in [0.2, 0.25) is 0 Å². The molecule has 1 saturated heterocycles. The summed E-state index contributed by atoms with van der Waals surface area (Å²) in [6.45, 7) is 10.6. The van der Waals surface area contributed by atoms with Crippen molar-refractivity contribution in [1.82, 2.24) is 25.4 Å². The number of likely N-dealkylation sites (N-methyl/N-ethyl adjacent to an activating group) is 1. The Morgan fingerprint density at radius 2 is 1.80 bits per heavy atom. The van der Waals surface area contributed by atoms with E-state index in [1.807, 2.05) is 7.05 Å². The lowest BCUT2D eigenvalue weighted by Crippen LogP contribution is -2.46. The van der Waals surface area contributed by atoms with E-state index in [1.165, 1.54) is 0 Å². The summed E-state index contributed by atoms with van der Waals surface area (Å²) in [5.74, 6) is 0.745. The summed E-state index contributed by atoms with van der Waals surface area (Å²) >= 11 is 0. The minimum absolute atomic E-state index is 0.745. The highest BCUT2D eigenvalue weighted by Crippen LogP contribution is 2.09. The molecule has 112 valence electrons. The predicted octanol–water partition coefficient (Wildman–Crippen LogP) is 0.338. The SMILES string of the molecule is CCc1nnc(N(C)CCN2CCNCC2)nc1CC. The Morgan fingerprint density at radius 3 is 2.45 bits per heavy atom. The molecule has 2 heterocycles. The second kappa shape index (κ2) is 7.50. The van der Waals surface area contributed by atoms with Crippen LogP contribution in [-0.2, 0) is 12.8 Å². The Balaban J connectivity index is 1.92. The van der Waals surface area contributed by atoms with Gasteiger partial charge in [-0.3, -0.25) is 4.90 Å². The summed E-state index contributed by atoms with van der Waals surface area (Å²) < 4.78 is 0. The van der Waals surface area contributed by atoms with Crippen molar-refractivity contribution < 1.29 is 0 Å². The fraction of sp³-hybridized carbons (Fsp3) is 0.786. The summed E-state index contributed by atoms with van der Waals surface area (Å²) in [6.07, 6.45) is 1.81. The van der Waals surface area contributed by atoms with Crippen LogP contribution in [0.4, 0.5) is 5.95 Å². The van der Waals surface area contributed by atoms with Gasteiger partial charge >= 0.3 is 0 Å². The number of aryl methyl sites for hydroxylation is 2. The van der Waals surface area contributed by atoms with Crippen molar-refractivity contribution in [3.05, 3.63) is 11.4 Å². The number of piperazine rings is 1. The molecule has 1 fully saturated rings. The first-order valence-electron chi connectivity index (χ1n) is 7.61. The predicted molar refractivity (Wildman–Crippen MR) is 81.2 cm³/mol. The largest absolute Gasteiger partial charge is 0.341 e. The molecular formula is C14H26N6. The van der Waals surface area contributed by atoms with Gasteiger partial charge in [-0.1, -0.05) is 13.8 Å². The van der Waals surface area contributed by atoms with E-state index in [1.54, 1.807) is 0 Å². The fourth-order valence-corrected chi connectivity index (χ4v) is 2.42. The molecule has 0 aliphatic carbocycles. The summed E-state index contributed by atoms with van der Waals surface area (Å²) in [5, 5.41) is 11.9. The molecule has 0 aromatic carbocycles. The lowest BCUT2D eigenvalue weighted by Gasteiger charge is -2.29. The summed E-state index contributed by atoms with van der Waals surface area (Å²) in [6, 6.07) is 0. The molecule has 0 unspecified atom stereocenters. The maximum absolute atomic E-state index is 4.65. The maximum atomic E-state index is 4.65. The molecule has 0 radical (unpaired) electrons. The average molecular weight is 278 g/mol. The van der Waals surface area contributed by atoms with E-state index in [4.69, 9.17) is 0 Å². The second-order valence-electron chi connectivity index (χ2n) is 5.23. The van der Waals surface area contributed by atoms with Gasteiger partial charge in [0.05, 0.1) is 11.4 Å². The van der Waals surface area contributed by atoms with Crippen molar-refractivity contribution in [1.29, 1.82) is 0 Å². The highest BCUT2D eigenvalue weighted by Gasteiger charge is 2.13. The van der Waals surface area contributed by atoms with E-state index in [2.05, 4.69) is 44.1 Å². The molecule has 0 saturated carbocycles. The number of hydrogen-bond acceptors (Lipinski definition) is 6. The van der Waals surface area contributed by atoms with E-state index in [-0.39, 0.29) is 0 Å². The van der Waals surface area contributed by atoms with Crippen molar-refractivity contribution in [3.63, 3.8) is 0 Å². The van der Waals surface area contributed by atoms with Gasteiger partial charge < -0.3 is 10.2 Å². The van der Waals surface area contributed by atoms with Crippen LogP contribution in [0.3, 0.4) is 0 Å². The molecule has 20 heavy (non-hydrogen) atoms. The van der Waals surface area contributed by atoms with E-state index in [9.17, 15) is 0 Å². The Kier molecular flexibility index (Phi) is 5.67. The minimum Gasteiger partial charge on any atom is -0.341 e. The lowest BCUT2D eigenvalue weighted by molar-refractivity contribution is 0.246. The van der Waals surface area contributed by atoms with Crippen LogP contribution in [0.15, 0.2) is 0 Å². The summed E-state index contributed by atoms with van der Waals surface area (Å²) in [5.41, 5.74) is 2.10. The molecule has 2 rings (SSSR count). The zero-order valence-corrected chi connectivity index (χ0v) is 12.9. The number of nitrogens with zero attached hydrogens (tertiary/aromatic N) is 5. The van der Waals surface area contributed by atoms with Gasteiger partial charge in [0.15, 0.2) is 0 Å². The molecular weight excluding hydrogens is 252 g/mol. The normalized spacial score (nSPS) is 16.4. The number of rotatable bonds is 6. The van der Waals surface area contributed by atoms with Crippen molar-refractivity contribution in [2.45, 2.75) is 26.7 Å². The summed E-state index contributed by atoms with van der Waals surface area (Å²) in [7, 11) is 2.05. The fourth-order valence-electron chi connectivity index (χ4n) is 2.42. The molecule has 0 spiro atoms. The van der Waals surface area contributed by atoms with Crippen molar-refractivity contribution in [3.8, 4) is 0 Å². The minimum atomic E-state index is 0.745. The number of nitrogens with one attached hydrogen (secondary N) is 1. The molecule has 1 aromatic heterocycles. The van der Waals surface area contributed by atoms with Crippen molar-refractivity contribution in [2.75, 3.05) is 51.2 Å². The Bertz CT molecular complexity index is 416. The maximum Gasteiger partial charge on any atom is 0.245 e. The molecule has 0 amide bonds. The van der Waals surface area contributed by atoms with Gasteiger partial charge in [-0.15, -0.1) is 5.10 Å². The van der Waals surface area contributed by atoms with E-state index in [0.29, 0.717) is 0 Å². The molecule has 1 aromatic rings. The van der Waals surface area contributed by atoms with Gasteiger partial charge in [-0.25, -0.2) is 4.98 Å². The van der Waals surface area contributed by atoms with Crippen LogP contribution in [0.5, 0.6) is 0 Å². The van der Waals surface area contributed by atoms with Gasteiger partial charge in [-0.05, 0) is 12.8 Å². The van der Waals surface area contributed by atoms with Crippen molar-refractivity contribution in [2.24, 2.45) is 0 Å². The van der Waals surface area contributed by atoms with Gasteiger partial charge in [0.2, 0.25) is 5.95 Å². The number of anilines is 1. The molecule has 1 N–H and O–H groups in total. The third-order valence-corrected chi connectivity index (χ3v) is 3.80. The monoisotopic (exact) mass is 278 g/mol. The Hall–Kier alpha value is -1.27. The number of hydrogen-bond donors (Lipinski definition) is 1. The van der Waals surface area contributed by atoms with E-state index < -0.39 is 0 Å². The lowest BCUT2D eigenvalue weighted by atomic mass is 10.2. The summed E-state index contributed by atoms with van der Waals surface area (Å²) in [4.78, 5) is 9.23. The quantitative estimate of drug-likeness (QED) is 0.810. The van der Waals surface area contributed by atoms with Crippen LogP contribution in [0, 0.1) is 0 Å². The zero-order chi connectivity index (χ0) is 14.4. The second-order valence-corrected chi connectivity index (χ2v) is 5.23. The Labute approximate surface area is 121 Å². The molecule has 6 heteroatoms. The zero-order valence-electron chi connectivity index (χ0n) is 12.9. The van der Waals surface area contributed by atoms with Gasteiger partial charge in [-0.2, -0.15) is 5.10 Å². The Morgan fingerprint density at radius 1 is 1.10 bits per heavy atom. The smallest absolute Gasteiger partial charge is 0.245 e. The van der Waals surface area contributed by atoms with Crippen LogP contribution in [0.1, 0.15) is 25.2 Å². The van der Waals surface area contributed by atoms with Crippen LogP contribution >= 0.6 is 0 Å². The highest BCUT2D eigenvalue weighted by atomic mass is 15.3. The van der Waals surface area contributed by atoms with Crippen LogP contribution in [0.25, 0.3) is 0 Å².